The molecule has 1 atom stereocenters. The lowest BCUT2D eigenvalue weighted by Gasteiger charge is -2.27. The zero-order chi connectivity index (χ0) is 49.4. The minimum absolute atomic E-state index is 0.518. The summed E-state index contributed by atoms with van der Waals surface area (Å²) < 4.78 is 12.3. The molecule has 0 amide bonds. The van der Waals surface area contributed by atoms with Gasteiger partial charge < -0.3 is 18.9 Å². The van der Waals surface area contributed by atoms with Gasteiger partial charge in [-0.2, -0.15) is 0 Å². The normalized spacial score (nSPS) is 13.7. The number of aliphatic imine (C=N–C) groups is 2. The van der Waals surface area contributed by atoms with Crippen molar-refractivity contribution in [3.63, 3.8) is 0 Å². The van der Waals surface area contributed by atoms with E-state index in [1.165, 1.54) is 16.5 Å². The minimum Gasteiger partial charge on any atom is -0.452 e. The summed E-state index contributed by atoms with van der Waals surface area (Å²) in [5.74, 6) is 1.41. The van der Waals surface area contributed by atoms with Crippen LogP contribution in [-0.4, -0.2) is 20.8 Å². The number of para-hydroxylation sites is 3. The number of rotatable bonds is 8. The van der Waals surface area contributed by atoms with Gasteiger partial charge in [0.25, 0.3) is 0 Å². The Morgan fingerprint density at radius 1 is 0.347 bits per heavy atom. The first-order valence-corrected chi connectivity index (χ1v) is 25.5. The second-order valence-corrected chi connectivity index (χ2v) is 19.3. The molecule has 6 heteroatoms. The summed E-state index contributed by atoms with van der Waals surface area (Å²) in [5, 5.41) is 10.6. The van der Waals surface area contributed by atoms with Crippen LogP contribution in [0, 0.1) is 0 Å². The quantitative estimate of drug-likeness (QED) is 0.165. The van der Waals surface area contributed by atoms with Crippen LogP contribution in [0.15, 0.2) is 275 Å². The average Bonchev–Trinajstić information content (AvgIpc) is 4.17. The third-order valence-corrected chi connectivity index (χ3v) is 15.0. The van der Waals surface area contributed by atoms with Crippen molar-refractivity contribution in [2.24, 2.45) is 9.98 Å². The van der Waals surface area contributed by atoms with Gasteiger partial charge in [-0.05, 0) is 75.8 Å². The first kappa shape index (κ1) is 42.6. The highest BCUT2D eigenvalue weighted by molar-refractivity contribution is 6.26. The van der Waals surface area contributed by atoms with Crippen molar-refractivity contribution in [2.75, 3.05) is 0 Å². The lowest BCUT2D eigenvalue weighted by Crippen LogP contribution is -2.34. The van der Waals surface area contributed by atoms with E-state index in [-0.39, 0.29) is 0 Å². The Hall–Kier alpha value is -10.0. The maximum absolute atomic E-state index is 7.48. The smallest absolute Gasteiger partial charge is 0.160 e. The van der Waals surface area contributed by atoms with Crippen molar-refractivity contribution < 1.29 is 4.42 Å². The van der Waals surface area contributed by atoms with Gasteiger partial charge in [-0.1, -0.05) is 218 Å². The Kier molecular flexibility index (Phi) is 9.85. The van der Waals surface area contributed by atoms with Crippen LogP contribution in [0.3, 0.4) is 0 Å². The molecule has 4 heterocycles. The largest absolute Gasteiger partial charge is 0.452 e. The summed E-state index contributed by atoms with van der Waals surface area (Å²) in [5.41, 5.74) is 17.8. The molecule has 15 rings (SSSR count). The van der Waals surface area contributed by atoms with Crippen molar-refractivity contribution in [1.29, 1.82) is 0 Å². The Labute approximate surface area is 432 Å². The van der Waals surface area contributed by atoms with Gasteiger partial charge in [-0.3, -0.25) is 0 Å². The summed E-state index contributed by atoms with van der Waals surface area (Å²) in [4.78, 5) is 10.9. The van der Waals surface area contributed by atoms with E-state index in [0.717, 1.165) is 116 Å². The van der Waals surface area contributed by atoms with Crippen molar-refractivity contribution in [2.45, 2.75) is 6.17 Å². The highest BCUT2D eigenvalue weighted by Crippen LogP contribution is 2.45. The second-order valence-electron chi connectivity index (χ2n) is 19.3. The van der Waals surface area contributed by atoms with Crippen LogP contribution in [-0.2, 0) is 0 Å². The Balaban J connectivity index is 0.938. The molecule has 1 aliphatic heterocycles. The number of hydrogen-bond acceptors (Lipinski definition) is 4. The van der Waals surface area contributed by atoms with Crippen molar-refractivity contribution in [1.82, 2.24) is 14.5 Å². The molecule has 6 nitrogen and oxygen atoms in total. The highest BCUT2D eigenvalue weighted by atomic mass is 16.3. The zero-order valence-electron chi connectivity index (χ0n) is 40.6. The molecule has 0 saturated carbocycles. The molecule has 0 saturated heterocycles. The molecule has 0 radical (unpaired) electrons. The van der Waals surface area contributed by atoms with Gasteiger partial charge in [-0.15, -0.1) is 0 Å². The lowest BCUT2D eigenvalue weighted by atomic mass is 9.98. The summed E-state index contributed by atoms with van der Waals surface area (Å²) >= 11 is 0. The van der Waals surface area contributed by atoms with Crippen LogP contribution in [0.1, 0.15) is 22.9 Å². The van der Waals surface area contributed by atoms with E-state index in [2.05, 4.69) is 269 Å². The van der Waals surface area contributed by atoms with Crippen molar-refractivity contribution in [3.05, 3.63) is 278 Å². The highest BCUT2D eigenvalue weighted by Gasteiger charge is 2.28. The number of nitrogens with one attached hydrogen (secondary N) is 1. The summed E-state index contributed by atoms with van der Waals surface area (Å²) in [6.07, 6.45) is -0.518. The molecule has 1 unspecified atom stereocenters. The van der Waals surface area contributed by atoms with Crippen molar-refractivity contribution in [3.8, 4) is 44.8 Å². The number of hydrogen-bond donors (Lipinski definition) is 1. The van der Waals surface area contributed by atoms with E-state index in [9.17, 15) is 0 Å². The summed E-state index contributed by atoms with van der Waals surface area (Å²) in [7, 11) is 0. The molecule has 3 aromatic heterocycles. The molecule has 0 bridgehead atoms. The number of benzene rings is 11. The third-order valence-electron chi connectivity index (χ3n) is 15.0. The topological polar surface area (TPSA) is 59.8 Å². The maximum Gasteiger partial charge on any atom is 0.160 e. The van der Waals surface area contributed by atoms with Gasteiger partial charge in [0.15, 0.2) is 17.0 Å². The maximum atomic E-state index is 7.48. The Morgan fingerprint density at radius 3 is 1.43 bits per heavy atom. The van der Waals surface area contributed by atoms with Gasteiger partial charge in [0.1, 0.15) is 12.0 Å². The number of amidine groups is 2. The number of aromatic nitrogens is 2. The SMILES string of the molecule is c1ccc(-c2ccc(C3=NC(c4ccccc4-n4c5ccccc5c5ccc6c7ccc8c9ccccc9n(-c9ccc(-c%10ccccc%10)cc9)c8c7oc6c54)NC(c4ccccc4-c4ccccc4)=N3)cc2)cc1. The molecule has 14 aromatic rings. The number of furan rings is 1. The van der Waals surface area contributed by atoms with Gasteiger partial charge in [0.2, 0.25) is 0 Å². The predicted octanol–water partition coefficient (Wildman–Crippen LogP) is 17.3. The lowest BCUT2D eigenvalue weighted by molar-refractivity contribution is 0.667. The van der Waals surface area contributed by atoms with E-state index in [1.54, 1.807) is 0 Å². The van der Waals surface area contributed by atoms with Gasteiger partial charge in [0.05, 0.1) is 27.8 Å². The fourth-order valence-electron chi connectivity index (χ4n) is 11.5. The molecule has 0 spiro atoms. The molecule has 0 aliphatic carbocycles. The van der Waals surface area contributed by atoms with Crippen LogP contribution in [0.25, 0.3) is 110 Å². The first-order valence-electron chi connectivity index (χ1n) is 25.5. The summed E-state index contributed by atoms with van der Waals surface area (Å²) in [6.45, 7) is 0. The average molecular weight is 960 g/mol. The summed E-state index contributed by atoms with van der Waals surface area (Å²) in [6, 6.07) is 92.6. The Morgan fingerprint density at radius 2 is 0.800 bits per heavy atom. The van der Waals surface area contributed by atoms with E-state index in [0.29, 0.717) is 5.84 Å². The third kappa shape index (κ3) is 6.95. The first-order chi connectivity index (χ1) is 37.2. The number of fused-ring (bicyclic) bond motifs is 11. The van der Waals surface area contributed by atoms with Crippen LogP contribution in [0.5, 0.6) is 0 Å². The molecule has 1 aliphatic rings. The predicted molar refractivity (Wildman–Crippen MR) is 311 cm³/mol. The Bertz CT molecular complexity index is 4580. The molecule has 75 heavy (non-hydrogen) atoms. The molecular weight excluding hydrogens is 915 g/mol. The number of nitrogens with zero attached hydrogens (tertiary/aromatic N) is 4. The van der Waals surface area contributed by atoms with Crippen LogP contribution in [0.4, 0.5) is 0 Å². The fraction of sp³-hybridized carbons (Fsp3) is 0.0145. The molecule has 11 aromatic carbocycles. The molecule has 0 fully saturated rings. The molecule has 352 valence electrons. The van der Waals surface area contributed by atoms with Gasteiger partial charge >= 0.3 is 0 Å². The molecule has 1 N–H and O–H groups in total. The zero-order valence-corrected chi connectivity index (χ0v) is 40.6. The van der Waals surface area contributed by atoms with E-state index < -0.39 is 6.17 Å². The van der Waals surface area contributed by atoms with Crippen LogP contribution in [0.2, 0.25) is 0 Å². The van der Waals surface area contributed by atoms with E-state index in [4.69, 9.17) is 14.4 Å². The van der Waals surface area contributed by atoms with Crippen LogP contribution < -0.4 is 5.32 Å². The molecular formula is C69H45N5O. The standard InChI is InChI=1S/C69H45N5O/c1-4-18-44(19-5-1)46-32-34-49(35-33-46)67-70-68(58-27-11-10-24-51(58)48-22-8-3-9-23-48)72-69(71-67)59-28-14-17-31-62(59)74-61-30-16-13-26-53(61)55-41-43-57-56-42-40-54-52-25-12-15-29-60(52)73(63(54)65(56)75-66(57)64(55)74)50-38-36-47(37-39-50)45-20-6-2-7-21-45/h1-43,69H,(H,70,71,72). The second kappa shape index (κ2) is 17.3. The van der Waals surface area contributed by atoms with E-state index in [1.807, 2.05) is 6.07 Å². The fourth-order valence-corrected chi connectivity index (χ4v) is 11.5. The van der Waals surface area contributed by atoms with Crippen molar-refractivity contribution >= 4 is 77.2 Å². The van der Waals surface area contributed by atoms with Crippen LogP contribution >= 0.6 is 0 Å². The van der Waals surface area contributed by atoms with E-state index >= 15 is 0 Å². The van der Waals surface area contributed by atoms with Gasteiger partial charge in [0, 0.05) is 54.7 Å². The van der Waals surface area contributed by atoms with Gasteiger partial charge in [-0.25, -0.2) is 9.98 Å². The minimum atomic E-state index is -0.518. The monoisotopic (exact) mass is 959 g/mol.